The first-order chi connectivity index (χ1) is 16.2. The quantitative estimate of drug-likeness (QED) is 0.379. The van der Waals surface area contributed by atoms with Crippen LogP contribution in [0.4, 0.5) is 0 Å². The van der Waals surface area contributed by atoms with Gasteiger partial charge in [0, 0.05) is 5.02 Å². The topological polar surface area (TPSA) is 0 Å². The van der Waals surface area contributed by atoms with E-state index < -0.39 is 0 Å². The molecule has 34 heavy (non-hydrogen) atoms. The molecule has 0 amide bonds. The van der Waals surface area contributed by atoms with Crippen molar-refractivity contribution in [2.75, 3.05) is 0 Å². The smallest absolute Gasteiger partial charge is 0.0481 e. The molecule has 8 atom stereocenters. The summed E-state index contributed by atoms with van der Waals surface area (Å²) in [5, 5.41) is 0.930. The van der Waals surface area contributed by atoms with Crippen LogP contribution in [0.2, 0.25) is 5.02 Å². The van der Waals surface area contributed by atoms with Gasteiger partial charge in [0.15, 0.2) is 0 Å². The molecule has 0 nitrogen and oxygen atoms in total. The number of benzene rings is 1. The number of halogens is 1. The van der Waals surface area contributed by atoms with Gasteiger partial charge in [-0.15, -0.1) is 0 Å². The Morgan fingerprint density at radius 3 is 2.44 bits per heavy atom. The van der Waals surface area contributed by atoms with Gasteiger partial charge in [0.2, 0.25) is 0 Å². The molecule has 0 heterocycles. The van der Waals surface area contributed by atoms with Gasteiger partial charge in [0.1, 0.15) is 0 Å². The van der Waals surface area contributed by atoms with Crippen LogP contribution in [-0.2, 0) is 0 Å². The highest BCUT2D eigenvalue weighted by molar-refractivity contribution is 6.32. The lowest BCUT2D eigenvalue weighted by Gasteiger charge is -2.60. The summed E-state index contributed by atoms with van der Waals surface area (Å²) < 4.78 is 0. The first-order valence-electron chi connectivity index (χ1n) is 14.7. The van der Waals surface area contributed by atoms with Crippen LogP contribution < -0.4 is 0 Å². The lowest BCUT2D eigenvalue weighted by Crippen LogP contribution is -2.52. The number of rotatable bonds is 6. The Morgan fingerprint density at radius 2 is 1.68 bits per heavy atom. The van der Waals surface area contributed by atoms with E-state index in [0.717, 1.165) is 46.4 Å². The molecule has 0 bridgehead atoms. The average molecular weight is 481 g/mol. The van der Waals surface area contributed by atoms with Crippen LogP contribution in [0.3, 0.4) is 0 Å². The molecule has 1 aromatic carbocycles. The normalized spacial score (nSPS) is 40.3. The summed E-state index contributed by atoms with van der Waals surface area (Å²) in [6.45, 7) is 12.8. The molecule has 4 aliphatic carbocycles. The van der Waals surface area contributed by atoms with E-state index in [-0.39, 0.29) is 0 Å². The highest BCUT2D eigenvalue weighted by Gasteiger charge is 2.60. The van der Waals surface area contributed by atoms with E-state index in [9.17, 15) is 0 Å². The summed E-state index contributed by atoms with van der Waals surface area (Å²) in [4.78, 5) is 0. The Hall–Kier alpha value is -0.750. The van der Waals surface area contributed by atoms with Gasteiger partial charge in [-0.05, 0) is 121 Å². The lowest BCUT2D eigenvalue weighted by atomic mass is 9.44. The standard InChI is InChI=1S/C33H49Cl/c1-22(2)9-8-10-23(3)28-15-16-29-27-14-13-25-21-24(26-11-6-7-12-31(26)34)17-19-32(25,4)30(27)18-20-33(28,29)5/h6-7,11-12,17,22-23,25,27-30H,8-10,13-16,18-21H2,1-5H3/t23-,25+,27-,28+,29-,30-,32+,33-/m1/s1. The van der Waals surface area contributed by atoms with Gasteiger partial charge < -0.3 is 0 Å². The van der Waals surface area contributed by atoms with E-state index >= 15 is 0 Å². The number of fused-ring (bicyclic) bond motifs is 5. The summed E-state index contributed by atoms with van der Waals surface area (Å²) in [5.41, 5.74) is 3.91. The second-order valence-corrected chi connectivity index (χ2v) is 14.2. The van der Waals surface area contributed by atoms with E-state index in [1.54, 1.807) is 0 Å². The van der Waals surface area contributed by atoms with E-state index in [2.05, 4.69) is 65.0 Å². The minimum absolute atomic E-state index is 0.496. The van der Waals surface area contributed by atoms with Crippen molar-refractivity contribution in [2.45, 2.75) is 105 Å². The number of allylic oxidation sites excluding steroid dienone is 2. The number of hydrogen-bond acceptors (Lipinski definition) is 0. The van der Waals surface area contributed by atoms with Crippen molar-refractivity contribution in [1.29, 1.82) is 0 Å². The van der Waals surface area contributed by atoms with Crippen LogP contribution in [0.1, 0.15) is 111 Å². The van der Waals surface area contributed by atoms with Gasteiger partial charge in [-0.3, -0.25) is 0 Å². The van der Waals surface area contributed by atoms with Crippen LogP contribution in [0.5, 0.6) is 0 Å². The Balaban J connectivity index is 1.31. The van der Waals surface area contributed by atoms with Gasteiger partial charge in [0.05, 0.1) is 0 Å². The fourth-order valence-corrected chi connectivity index (χ4v) is 10.1. The molecule has 0 radical (unpaired) electrons. The first kappa shape index (κ1) is 24.9. The van der Waals surface area contributed by atoms with Crippen molar-refractivity contribution in [3.63, 3.8) is 0 Å². The predicted molar refractivity (Wildman–Crippen MR) is 148 cm³/mol. The van der Waals surface area contributed by atoms with Gasteiger partial charge in [-0.25, -0.2) is 0 Å². The third-order valence-electron chi connectivity index (χ3n) is 11.7. The molecule has 0 N–H and O–H groups in total. The van der Waals surface area contributed by atoms with Crippen LogP contribution in [0, 0.1) is 52.3 Å². The molecule has 0 aliphatic heterocycles. The molecule has 1 aromatic rings. The Kier molecular flexibility index (Phi) is 7.04. The molecular weight excluding hydrogens is 432 g/mol. The third kappa shape index (κ3) is 4.23. The number of hydrogen-bond donors (Lipinski definition) is 0. The fourth-order valence-electron chi connectivity index (χ4n) is 9.85. The first-order valence-corrected chi connectivity index (χ1v) is 15.1. The van der Waals surface area contributed by atoms with Gasteiger partial charge in [-0.1, -0.05) is 89.8 Å². The maximum Gasteiger partial charge on any atom is 0.0481 e. The summed E-state index contributed by atoms with van der Waals surface area (Å²) in [6.07, 6.45) is 18.3. The molecule has 5 rings (SSSR count). The highest BCUT2D eigenvalue weighted by Crippen LogP contribution is 2.68. The van der Waals surface area contributed by atoms with E-state index in [1.165, 1.54) is 81.8 Å². The van der Waals surface area contributed by atoms with Gasteiger partial charge in [-0.2, -0.15) is 0 Å². The maximum absolute atomic E-state index is 6.60. The van der Waals surface area contributed by atoms with Crippen LogP contribution in [-0.4, -0.2) is 0 Å². The Labute approximate surface area is 215 Å². The maximum atomic E-state index is 6.60. The van der Waals surface area contributed by atoms with E-state index in [4.69, 9.17) is 11.6 Å². The predicted octanol–water partition coefficient (Wildman–Crippen LogP) is 10.5. The van der Waals surface area contributed by atoms with Crippen LogP contribution in [0.15, 0.2) is 30.3 Å². The SMILES string of the molecule is CC(C)CCC[C@@H](C)[C@@H]1CC[C@@H]2[C@H]3CC[C@H]4CC(c5ccccc5Cl)=CC[C@]4(C)[C@@H]3CC[C@@]21C. The van der Waals surface area contributed by atoms with Crippen molar-refractivity contribution >= 4 is 17.2 Å². The zero-order chi connectivity index (χ0) is 24.1. The minimum atomic E-state index is 0.496. The second-order valence-electron chi connectivity index (χ2n) is 13.8. The van der Waals surface area contributed by atoms with Gasteiger partial charge >= 0.3 is 0 Å². The van der Waals surface area contributed by atoms with E-state index in [0.29, 0.717) is 10.8 Å². The summed E-state index contributed by atoms with van der Waals surface area (Å²) >= 11 is 6.60. The third-order valence-corrected chi connectivity index (χ3v) is 12.1. The summed E-state index contributed by atoms with van der Waals surface area (Å²) in [5.74, 6) is 6.46. The van der Waals surface area contributed by atoms with Crippen molar-refractivity contribution in [3.8, 4) is 0 Å². The Morgan fingerprint density at radius 1 is 0.912 bits per heavy atom. The molecule has 3 saturated carbocycles. The Bertz CT molecular complexity index is 898. The average Bonchev–Trinajstić information content (AvgIpc) is 3.16. The molecular formula is C33H49Cl. The van der Waals surface area contributed by atoms with Gasteiger partial charge in [0.25, 0.3) is 0 Å². The van der Waals surface area contributed by atoms with Crippen molar-refractivity contribution in [1.82, 2.24) is 0 Å². The molecule has 1 heteroatoms. The molecule has 0 aromatic heterocycles. The van der Waals surface area contributed by atoms with Crippen LogP contribution in [0.25, 0.3) is 5.57 Å². The fraction of sp³-hybridized carbons (Fsp3) is 0.758. The lowest BCUT2D eigenvalue weighted by molar-refractivity contribution is -0.0999. The monoisotopic (exact) mass is 480 g/mol. The van der Waals surface area contributed by atoms with Crippen molar-refractivity contribution in [3.05, 3.63) is 40.9 Å². The molecule has 0 saturated heterocycles. The summed E-state index contributed by atoms with van der Waals surface area (Å²) in [7, 11) is 0. The molecule has 4 aliphatic rings. The molecule has 0 spiro atoms. The van der Waals surface area contributed by atoms with Crippen molar-refractivity contribution < 1.29 is 0 Å². The van der Waals surface area contributed by atoms with Crippen molar-refractivity contribution in [2.24, 2.45) is 52.3 Å². The largest absolute Gasteiger partial charge is 0.0837 e. The summed E-state index contributed by atoms with van der Waals surface area (Å²) in [6, 6.07) is 8.50. The second kappa shape index (κ2) is 9.61. The van der Waals surface area contributed by atoms with Crippen LogP contribution >= 0.6 is 11.6 Å². The zero-order valence-corrected chi connectivity index (χ0v) is 23.3. The molecule has 3 fully saturated rings. The molecule has 0 unspecified atom stereocenters. The minimum Gasteiger partial charge on any atom is -0.0837 e. The van der Waals surface area contributed by atoms with E-state index in [1.807, 2.05) is 0 Å². The highest BCUT2D eigenvalue weighted by atomic mass is 35.5. The zero-order valence-electron chi connectivity index (χ0n) is 22.6. The molecule has 188 valence electrons.